The highest BCUT2D eigenvalue weighted by Crippen LogP contribution is 2.35. The number of sulfonamides is 1. The van der Waals surface area contributed by atoms with Crippen LogP contribution >= 0.6 is 24.0 Å². The summed E-state index contributed by atoms with van der Waals surface area (Å²) >= 11 is 5.87. The van der Waals surface area contributed by atoms with E-state index in [0.717, 1.165) is 25.1 Å². The maximum absolute atomic E-state index is 12.8. The van der Waals surface area contributed by atoms with Gasteiger partial charge in [0.05, 0.1) is 10.6 Å². The van der Waals surface area contributed by atoms with Gasteiger partial charge in [-0.3, -0.25) is 0 Å². The Morgan fingerprint density at radius 2 is 1.88 bits per heavy atom. The molecule has 25 heavy (non-hydrogen) atoms. The summed E-state index contributed by atoms with van der Waals surface area (Å²) in [4.78, 5) is -0.479. The zero-order valence-electron chi connectivity index (χ0n) is 13.6. The molecule has 0 radical (unpaired) electrons. The van der Waals surface area contributed by atoms with Crippen LogP contribution in [0.25, 0.3) is 0 Å². The number of alkyl halides is 3. The highest BCUT2D eigenvalue weighted by atomic mass is 35.5. The van der Waals surface area contributed by atoms with Crippen LogP contribution in [0.3, 0.4) is 0 Å². The van der Waals surface area contributed by atoms with E-state index in [9.17, 15) is 21.6 Å². The first-order valence-corrected chi connectivity index (χ1v) is 9.49. The van der Waals surface area contributed by atoms with Crippen LogP contribution in [-0.4, -0.2) is 39.4 Å². The molecular weight excluding hydrogens is 400 g/mol. The Morgan fingerprint density at radius 1 is 1.28 bits per heavy atom. The summed E-state index contributed by atoms with van der Waals surface area (Å²) in [5, 5.41) is 2.86. The van der Waals surface area contributed by atoms with Crippen molar-refractivity contribution >= 4 is 34.0 Å². The van der Waals surface area contributed by atoms with E-state index in [4.69, 9.17) is 11.6 Å². The molecule has 0 atom stereocenters. The van der Waals surface area contributed by atoms with Crippen molar-refractivity contribution in [3.8, 4) is 0 Å². The molecule has 144 valence electrons. The molecule has 0 saturated carbocycles. The Labute approximate surface area is 157 Å². The number of halogens is 5. The maximum Gasteiger partial charge on any atom is 0.416 e. The lowest BCUT2D eigenvalue weighted by atomic mass is 9.95. The second kappa shape index (κ2) is 8.90. The standard InChI is InChI=1S/C15H20ClF3N2O2S.ClH/c1-20-7-4-11-5-8-21(9-6-11)24(22,23)14-10-12(15(17,18)19)2-3-13(14)16;/h2-3,10-11,20H,4-9H2,1H3;1H. The van der Waals surface area contributed by atoms with Crippen molar-refractivity contribution in [1.82, 2.24) is 9.62 Å². The molecule has 1 aliphatic rings. The van der Waals surface area contributed by atoms with E-state index in [1.807, 2.05) is 7.05 Å². The molecular formula is C15H21Cl2F3N2O2S. The minimum Gasteiger partial charge on any atom is -0.320 e. The van der Waals surface area contributed by atoms with Crippen molar-refractivity contribution < 1.29 is 21.6 Å². The first kappa shape index (κ1) is 22.5. The quantitative estimate of drug-likeness (QED) is 0.787. The highest BCUT2D eigenvalue weighted by molar-refractivity contribution is 7.89. The third kappa shape index (κ3) is 5.47. The predicted molar refractivity (Wildman–Crippen MR) is 93.7 cm³/mol. The van der Waals surface area contributed by atoms with Crippen LogP contribution in [-0.2, 0) is 16.2 Å². The smallest absolute Gasteiger partial charge is 0.320 e. The zero-order valence-corrected chi connectivity index (χ0v) is 16.0. The number of nitrogens with one attached hydrogen (secondary N) is 1. The number of hydrogen-bond acceptors (Lipinski definition) is 3. The molecule has 1 aromatic rings. The molecule has 1 heterocycles. The van der Waals surface area contributed by atoms with Crippen LogP contribution in [0, 0.1) is 5.92 Å². The number of benzene rings is 1. The van der Waals surface area contributed by atoms with Gasteiger partial charge in [0.25, 0.3) is 0 Å². The van der Waals surface area contributed by atoms with E-state index in [1.54, 1.807) is 0 Å². The summed E-state index contributed by atoms with van der Waals surface area (Å²) in [6, 6.07) is 2.38. The molecule has 0 aliphatic carbocycles. The Bertz CT molecular complexity index is 676. The van der Waals surface area contributed by atoms with Crippen molar-refractivity contribution in [1.29, 1.82) is 0 Å². The fourth-order valence-corrected chi connectivity index (χ4v) is 4.77. The molecule has 1 aromatic carbocycles. The Morgan fingerprint density at radius 3 is 2.40 bits per heavy atom. The van der Waals surface area contributed by atoms with Crippen LogP contribution in [0.4, 0.5) is 13.2 Å². The topological polar surface area (TPSA) is 49.4 Å². The van der Waals surface area contributed by atoms with Crippen LogP contribution in [0.5, 0.6) is 0 Å². The average molecular weight is 421 g/mol. The Hall–Kier alpha value is -0.540. The van der Waals surface area contributed by atoms with Crippen LogP contribution in [0.2, 0.25) is 5.02 Å². The maximum atomic E-state index is 12.8. The molecule has 0 spiro atoms. The summed E-state index contributed by atoms with van der Waals surface area (Å²) in [6.45, 7) is 1.45. The molecule has 10 heteroatoms. The van der Waals surface area contributed by atoms with Crippen LogP contribution in [0.15, 0.2) is 23.1 Å². The lowest BCUT2D eigenvalue weighted by Gasteiger charge is -2.31. The largest absolute Gasteiger partial charge is 0.416 e. The zero-order chi connectivity index (χ0) is 18.0. The van der Waals surface area contributed by atoms with Gasteiger partial charge in [0.2, 0.25) is 10.0 Å². The molecule has 0 unspecified atom stereocenters. The number of hydrogen-bond donors (Lipinski definition) is 1. The number of rotatable bonds is 5. The third-order valence-electron chi connectivity index (χ3n) is 4.25. The van der Waals surface area contributed by atoms with Gasteiger partial charge in [-0.1, -0.05) is 11.6 Å². The first-order chi connectivity index (χ1) is 11.2. The molecule has 0 bridgehead atoms. The summed E-state index contributed by atoms with van der Waals surface area (Å²) in [7, 11) is -2.18. The Balaban J connectivity index is 0.00000312. The Kier molecular flexibility index (Phi) is 8.01. The van der Waals surface area contributed by atoms with E-state index >= 15 is 0 Å². The van der Waals surface area contributed by atoms with Gasteiger partial charge >= 0.3 is 6.18 Å². The molecule has 0 aromatic heterocycles. The molecule has 0 amide bonds. The van der Waals surface area contributed by atoms with Gasteiger partial charge < -0.3 is 5.32 Å². The van der Waals surface area contributed by atoms with Crippen molar-refractivity contribution in [3.05, 3.63) is 28.8 Å². The van der Waals surface area contributed by atoms with Gasteiger partial charge in [0, 0.05) is 13.1 Å². The van der Waals surface area contributed by atoms with Gasteiger partial charge in [0.1, 0.15) is 4.90 Å². The summed E-state index contributed by atoms with van der Waals surface area (Å²) in [5.74, 6) is 0.417. The average Bonchev–Trinajstić information content (AvgIpc) is 2.52. The van der Waals surface area contributed by atoms with E-state index < -0.39 is 26.7 Å². The van der Waals surface area contributed by atoms with Gasteiger partial charge in [0.15, 0.2) is 0 Å². The van der Waals surface area contributed by atoms with Crippen molar-refractivity contribution in [3.63, 3.8) is 0 Å². The summed E-state index contributed by atoms with van der Waals surface area (Å²) < 4.78 is 65.1. The molecule has 1 aliphatic heterocycles. The lowest BCUT2D eigenvalue weighted by Crippen LogP contribution is -2.39. The first-order valence-electron chi connectivity index (χ1n) is 7.67. The minimum atomic E-state index is -4.62. The molecule has 1 N–H and O–H groups in total. The monoisotopic (exact) mass is 420 g/mol. The minimum absolute atomic E-state index is 0. The number of piperidine rings is 1. The SMILES string of the molecule is CNCCC1CCN(S(=O)(=O)c2cc(C(F)(F)F)ccc2Cl)CC1.Cl. The van der Waals surface area contributed by atoms with E-state index in [1.165, 1.54) is 4.31 Å². The normalized spacial score (nSPS) is 17.3. The molecule has 1 saturated heterocycles. The predicted octanol–water partition coefficient (Wildman–Crippen LogP) is 3.79. The second-order valence-corrected chi connectivity index (χ2v) is 8.20. The highest BCUT2D eigenvalue weighted by Gasteiger charge is 2.35. The van der Waals surface area contributed by atoms with Gasteiger partial charge in [-0.05, 0) is 57.0 Å². The van der Waals surface area contributed by atoms with Crippen molar-refractivity contribution in [2.24, 2.45) is 5.92 Å². The fourth-order valence-electron chi connectivity index (χ4n) is 2.80. The van der Waals surface area contributed by atoms with Gasteiger partial charge in [-0.15, -0.1) is 12.4 Å². The van der Waals surface area contributed by atoms with E-state index in [2.05, 4.69) is 5.32 Å². The van der Waals surface area contributed by atoms with E-state index in [0.29, 0.717) is 37.9 Å². The van der Waals surface area contributed by atoms with Crippen LogP contribution in [0.1, 0.15) is 24.8 Å². The lowest BCUT2D eigenvalue weighted by molar-refractivity contribution is -0.137. The summed E-state index contributed by atoms with van der Waals surface area (Å²) in [6.07, 6.45) is -2.28. The van der Waals surface area contributed by atoms with Gasteiger partial charge in [-0.25, -0.2) is 8.42 Å². The molecule has 4 nitrogen and oxygen atoms in total. The summed E-state index contributed by atoms with van der Waals surface area (Å²) in [5.41, 5.74) is -1.02. The third-order valence-corrected chi connectivity index (χ3v) is 6.63. The van der Waals surface area contributed by atoms with Gasteiger partial charge in [-0.2, -0.15) is 17.5 Å². The van der Waals surface area contributed by atoms with Crippen molar-refractivity contribution in [2.75, 3.05) is 26.7 Å². The second-order valence-electron chi connectivity index (χ2n) is 5.88. The molecule has 2 rings (SSSR count). The number of nitrogens with zero attached hydrogens (tertiary/aromatic N) is 1. The fraction of sp³-hybridized carbons (Fsp3) is 0.600. The van der Waals surface area contributed by atoms with Crippen LogP contribution < -0.4 is 5.32 Å². The molecule has 1 fully saturated rings. The van der Waals surface area contributed by atoms with Crippen molar-refractivity contribution in [2.45, 2.75) is 30.3 Å². The van der Waals surface area contributed by atoms with E-state index in [-0.39, 0.29) is 17.4 Å².